The molecule has 1 aliphatic carbocycles. The number of hydrogen-bond acceptors (Lipinski definition) is 3. The van der Waals surface area contributed by atoms with Crippen LogP contribution in [0.1, 0.15) is 25.5 Å². The zero-order chi connectivity index (χ0) is 12.5. The molecule has 5 nitrogen and oxygen atoms in total. The van der Waals surface area contributed by atoms with E-state index < -0.39 is 10.0 Å². The van der Waals surface area contributed by atoms with Crippen LogP contribution in [0.5, 0.6) is 0 Å². The molecule has 1 saturated carbocycles. The minimum atomic E-state index is -3.33. The molecule has 1 aromatic heterocycles. The van der Waals surface area contributed by atoms with Crippen LogP contribution in [0.15, 0.2) is 17.2 Å². The summed E-state index contributed by atoms with van der Waals surface area (Å²) in [7, 11) is -1.46. The Morgan fingerprint density at radius 3 is 2.76 bits per heavy atom. The Hall–Kier alpha value is -0.850. The van der Waals surface area contributed by atoms with Crippen LogP contribution in [0.25, 0.3) is 0 Å². The van der Waals surface area contributed by atoms with Gasteiger partial charge >= 0.3 is 0 Å². The van der Waals surface area contributed by atoms with Gasteiger partial charge in [-0.1, -0.05) is 6.92 Å². The normalized spacial score (nSPS) is 16.4. The van der Waals surface area contributed by atoms with Crippen LogP contribution in [0.3, 0.4) is 0 Å². The van der Waals surface area contributed by atoms with Crippen molar-refractivity contribution < 1.29 is 8.42 Å². The fraction of sp³-hybridized carbons (Fsp3) is 0.636. The van der Waals surface area contributed by atoms with E-state index in [0.29, 0.717) is 17.5 Å². The molecule has 0 radical (unpaired) electrons. The minimum Gasteiger partial charge on any atom is -0.352 e. The number of nitrogens with zero attached hydrogens (tertiary/aromatic N) is 1. The van der Waals surface area contributed by atoms with Crippen molar-refractivity contribution in [3.05, 3.63) is 18.0 Å². The second kappa shape index (κ2) is 4.80. The van der Waals surface area contributed by atoms with E-state index in [9.17, 15) is 8.42 Å². The van der Waals surface area contributed by atoms with Gasteiger partial charge in [-0.25, -0.2) is 13.1 Å². The molecule has 17 heavy (non-hydrogen) atoms. The van der Waals surface area contributed by atoms with Crippen LogP contribution in [-0.4, -0.2) is 25.6 Å². The average Bonchev–Trinajstić information content (AvgIpc) is 2.99. The molecule has 0 atom stereocenters. The smallest absolute Gasteiger partial charge is 0.242 e. The molecule has 1 heterocycles. The Morgan fingerprint density at radius 2 is 2.18 bits per heavy atom. The number of aromatic nitrogens is 1. The summed E-state index contributed by atoms with van der Waals surface area (Å²) in [6, 6.07) is 2.35. The Kier molecular flexibility index (Phi) is 3.56. The fourth-order valence-corrected chi connectivity index (χ4v) is 2.84. The second-order valence-corrected chi connectivity index (χ2v) is 6.20. The number of aryl methyl sites for hydroxylation is 1. The lowest BCUT2D eigenvalue weighted by atomic mass is 10.4. The molecule has 1 fully saturated rings. The molecule has 2 N–H and O–H groups in total. The van der Waals surface area contributed by atoms with Gasteiger partial charge in [-0.15, -0.1) is 0 Å². The van der Waals surface area contributed by atoms with Gasteiger partial charge in [0, 0.05) is 38.1 Å². The maximum absolute atomic E-state index is 11.8. The first-order valence-electron chi connectivity index (χ1n) is 5.91. The SMILES string of the molecule is CCNS(=O)(=O)c1cc(CNC2CC2)n(C)c1. The van der Waals surface area contributed by atoms with E-state index in [2.05, 4.69) is 10.0 Å². The van der Waals surface area contributed by atoms with Gasteiger partial charge in [0.05, 0.1) is 4.90 Å². The van der Waals surface area contributed by atoms with Crippen molar-refractivity contribution in [3.8, 4) is 0 Å². The first kappa shape index (κ1) is 12.6. The standard InChI is InChI=1S/C11H19N3O2S/c1-3-13-17(15,16)11-6-10(14(2)8-11)7-12-9-4-5-9/h6,8-9,12-13H,3-5,7H2,1-2H3. The number of nitrogens with one attached hydrogen (secondary N) is 2. The molecule has 1 aliphatic rings. The summed E-state index contributed by atoms with van der Waals surface area (Å²) in [4.78, 5) is 0.342. The summed E-state index contributed by atoms with van der Waals surface area (Å²) in [5, 5.41) is 3.37. The van der Waals surface area contributed by atoms with Crippen molar-refractivity contribution in [1.29, 1.82) is 0 Å². The number of hydrogen-bond donors (Lipinski definition) is 2. The molecule has 6 heteroatoms. The topological polar surface area (TPSA) is 63.1 Å². The lowest BCUT2D eigenvalue weighted by molar-refractivity contribution is 0.584. The second-order valence-electron chi connectivity index (χ2n) is 4.43. The molecular formula is C11H19N3O2S. The zero-order valence-corrected chi connectivity index (χ0v) is 11.0. The Labute approximate surface area is 102 Å². The van der Waals surface area contributed by atoms with E-state index in [0.717, 1.165) is 12.2 Å². The van der Waals surface area contributed by atoms with Crippen LogP contribution in [0.2, 0.25) is 0 Å². The summed E-state index contributed by atoms with van der Waals surface area (Å²) >= 11 is 0. The monoisotopic (exact) mass is 257 g/mol. The number of rotatable bonds is 6. The third-order valence-electron chi connectivity index (χ3n) is 2.88. The lowest BCUT2D eigenvalue weighted by Gasteiger charge is -2.03. The zero-order valence-electron chi connectivity index (χ0n) is 10.2. The highest BCUT2D eigenvalue weighted by Crippen LogP contribution is 2.20. The van der Waals surface area contributed by atoms with Crippen LogP contribution >= 0.6 is 0 Å². The molecule has 0 aromatic carbocycles. The Morgan fingerprint density at radius 1 is 1.47 bits per heavy atom. The van der Waals surface area contributed by atoms with Gasteiger partial charge in [0.25, 0.3) is 0 Å². The molecule has 1 aromatic rings. The predicted molar refractivity (Wildman–Crippen MR) is 66.1 cm³/mol. The molecular weight excluding hydrogens is 238 g/mol. The minimum absolute atomic E-state index is 0.342. The summed E-state index contributed by atoms with van der Waals surface area (Å²) in [5.74, 6) is 0. The van der Waals surface area contributed by atoms with Crippen LogP contribution in [0, 0.1) is 0 Å². The average molecular weight is 257 g/mol. The number of sulfonamides is 1. The maximum atomic E-state index is 11.8. The van der Waals surface area contributed by atoms with E-state index in [1.165, 1.54) is 12.8 Å². The first-order valence-corrected chi connectivity index (χ1v) is 7.39. The molecule has 0 unspecified atom stereocenters. The molecule has 0 saturated heterocycles. The quantitative estimate of drug-likeness (QED) is 0.783. The molecule has 0 bridgehead atoms. The highest BCUT2D eigenvalue weighted by molar-refractivity contribution is 7.89. The van der Waals surface area contributed by atoms with Crippen molar-refractivity contribution >= 4 is 10.0 Å². The molecule has 0 aliphatic heterocycles. The van der Waals surface area contributed by atoms with Crippen molar-refractivity contribution in [2.24, 2.45) is 7.05 Å². The molecule has 0 amide bonds. The van der Waals surface area contributed by atoms with Gasteiger partial charge < -0.3 is 9.88 Å². The van der Waals surface area contributed by atoms with Crippen molar-refractivity contribution in [3.63, 3.8) is 0 Å². The van der Waals surface area contributed by atoms with E-state index in [-0.39, 0.29) is 0 Å². The van der Waals surface area contributed by atoms with Crippen LogP contribution in [0.4, 0.5) is 0 Å². The van der Waals surface area contributed by atoms with E-state index in [4.69, 9.17) is 0 Å². The lowest BCUT2D eigenvalue weighted by Crippen LogP contribution is -2.22. The summed E-state index contributed by atoms with van der Waals surface area (Å²) in [6.45, 7) is 2.91. The van der Waals surface area contributed by atoms with Gasteiger partial charge in [0.15, 0.2) is 0 Å². The van der Waals surface area contributed by atoms with Gasteiger partial charge in [-0.05, 0) is 18.9 Å². The highest BCUT2D eigenvalue weighted by Gasteiger charge is 2.21. The third-order valence-corrected chi connectivity index (χ3v) is 4.39. The Balaban J connectivity index is 2.11. The Bertz CT molecular complexity index is 489. The highest BCUT2D eigenvalue weighted by atomic mass is 32.2. The van der Waals surface area contributed by atoms with Crippen LogP contribution in [-0.2, 0) is 23.6 Å². The van der Waals surface area contributed by atoms with E-state index in [1.54, 1.807) is 19.2 Å². The van der Waals surface area contributed by atoms with Crippen molar-refractivity contribution in [2.45, 2.75) is 37.2 Å². The van der Waals surface area contributed by atoms with E-state index in [1.807, 2.05) is 11.6 Å². The van der Waals surface area contributed by atoms with Crippen molar-refractivity contribution in [2.75, 3.05) is 6.54 Å². The molecule has 0 spiro atoms. The van der Waals surface area contributed by atoms with Gasteiger partial charge in [-0.2, -0.15) is 0 Å². The first-order chi connectivity index (χ1) is 8.03. The van der Waals surface area contributed by atoms with Gasteiger partial charge in [0.2, 0.25) is 10.0 Å². The molecule has 96 valence electrons. The largest absolute Gasteiger partial charge is 0.352 e. The van der Waals surface area contributed by atoms with Crippen molar-refractivity contribution in [1.82, 2.24) is 14.6 Å². The summed E-state index contributed by atoms with van der Waals surface area (Å²) in [5.41, 5.74) is 0.994. The van der Waals surface area contributed by atoms with Gasteiger partial charge in [0.1, 0.15) is 0 Å². The van der Waals surface area contributed by atoms with Crippen LogP contribution < -0.4 is 10.0 Å². The molecule has 2 rings (SSSR count). The summed E-state index contributed by atoms with van der Waals surface area (Å²) in [6.07, 6.45) is 4.11. The summed E-state index contributed by atoms with van der Waals surface area (Å²) < 4.78 is 28.0. The maximum Gasteiger partial charge on any atom is 0.242 e. The van der Waals surface area contributed by atoms with Gasteiger partial charge in [-0.3, -0.25) is 0 Å². The fourth-order valence-electron chi connectivity index (χ4n) is 1.71. The predicted octanol–water partition coefficient (Wildman–Crippen LogP) is 0.575. The third kappa shape index (κ3) is 3.08. The van der Waals surface area contributed by atoms with E-state index >= 15 is 0 Å².